The van der Waals surface area contributed by atoms with Crippen molar-refractivity contribution in [1.82, 2.24) is 0 Å². The second-order valence-electron chi connectivity index (χ2n) is 6.71. The van der Waals surface area contributed by atoms with Crippen LogP contribution in [-0.2, 0) is 21.2 Å². The lowest BCUT2D eigenvalue weighted by Gasteiger charge is -2.19. The molecule has 5 nitrogen and oxygen atoms in total. The van der Waals surface area contributed by atoms with E-state index in [1.54, 1.807) is 18.2 Å². The first-order valence-electron chi connectivity index (χ1n) is 9.29. The zero-order valence-electron chi connectivity index (χ0n) is 15.7. The fraction of sp³-hybridized carbons (Fsp3) is 0.0870. The Morgan fingerprint density at radius 3 is 2.34 bits per heavy atom. The standard InChI is InChI=1S/C23H20N2O3S/c26-23(15-10-18-6-2-1-3-7-18)24-20-11-13-21(14-12-20)29(27,28)25-17-16-19-8-4-5-9-22(19)25/h1-15H,16-17H2,(H,24,26)/b15-10+. The van der Waals surface area contributed by atoms with Crippen molar-refractivity contribution in [2.24, 2.45) is 0 Å². The summed E-state index contributed by atoms with van der Waals surface area (Å²) in [6, 6.07) is 23.3. The summed E-state index contributed by atoms with van der Waals surface area (Å²) in [6.07, 6.45) is 3.87. The summed E-state index contributed by atoms with van der Waals surface area (Å²) in [5, 5.41) is 2.74. The highest BCUT2D eigenvalue weighted by molar-refractivity contribution is 7.92. The van der Waals surface area contributed by atoms with E-state index >= 15 is 0 Å². The Morgan fingerprint density at radius 2 is 1.59 bits per heavy atom. The van der Waals surface area contributed by atoms with Crippen LogP contribution < -0.4 is 9.62 Å². The summed E-state index contributed by atoms with van der Waals surface area (Å²) in [5.41, 5.74) is 3.23. The molecule has 4 rings (SSSR count). The van der Waals surface area contributed by atoms with Gasteiger partial charge in [0.25, 0.3) is 10.0 Å². The number of para-hydroxylation sites is 1. The van der Waals surface area contributed by atoms with Crippen LogP contribution in [0.15, 0.2) is 89.8 Å². The van der Waals surface area contributed by atoms with E-state index in [0.717, 1.165) is 16.8 Å². The lowest BCUT2D eigenvalue weighted by Crippen LogP contribution is -2.29. The number of carbonyl (C=O) groups is 1. The molecule has 0 bridgehead atoms. The van der Waals surface area contributed by atoms with E-state index in [1.165, 1.54) is 22.5 Å². The van der Waals surface area contributed by atoms with Gasteiger partial charge in [-0.1, -0.05) is 48.5 Å². The van der Waals surface area contributed by atoms with Crippen molar-refractivity contribution >= 4 is 33.4 Å². The molecule has 146 valence electrons. The van der Waals surface area contributed by atoms with E-state index < -0.39 is 10.0 Å². The van der Waals surface area contributed by atoms with Crippen LogP contribution in [-0.4, -0.2) is 20.9 Å². The number of amides is 1. The van der Waals surface area contributed by atoms with Crippen LogP contribution in [0.3, 0.4) is 0 Å². The van der Waals surface area contributed by atoms with Crippen molar-refractivity contribution in [3.05, 3.63) is 96.1 Å². The first-order valence-corrected chi connectivity index (χ1v) is 10.7. The summed E-state index contributed by atoms with van der Waals surface area (Å²) in [4.78, 5) is 12.3. The number of nitrogens with one attached hydrogen (secondary N) is 1. The van der Waals surface area contributed by atoms with Crippen LogP contribution in [0, 0.1) is 0 Å². The molecule has 1 aliphatic rings. The van der Waals surface area contributed by atoms with Crippen molar-refractivity contribution in [2.45, 2.75) is 11.3 Å². The van der Waals surface area contributed by atoms with E-state index in [0.29, 0.717) is 18.7 Å². The number of fused-ring (bicyclic) bond motifs is 1. The van der Waals surface area contributed by atoms with Gasteiger partial charge >= 0.3 is 0 Å². The second kappa shape index (κ2) is 7.93. The smallest absolute Gasteiger partial charge is 0.264 e. The van der Waals surface area contributed by atoms with Gasteiger partial charge in [-0.2, -0.15) is 0 Å². The molecule has 0 saturated heterocycles. The molecule has 0 aromatic heterocycles. The third kappa shape index (κ3) is 4.07. The topological polar surface area (TPSA) is 66.5 Å². The van der Waals surface area contributed by atoms with Gasteiger partial charge in [0.1, 0.15) is 0 Å². The molecule has 1 heterocycles. The molecule has 0 saturated carbocycles. The fourth-order valence-electron chi connectivity index (χ4n) is 3.32. The van der Waals surface area contributed by atoms with Crippen molar-refractivity contribution < 1.29 is 13.2 Å². The number of anilines is 2. The van der Waals surface area contributed by atoms with Crippen LogP contribution >= 0.6 is 0 Å². The Bertz CT molecular complexity index is 1150. The van der Waals surface area contributed by atoms with E-state index in [1.807, 2.05) is 54.6 Å². The van der Waals surface area contributed by atoms with Crippen LogP contribution in [0.1, 0.15) is 11.1 Å². The molecular weight excluding hydrogens is 384 g/mol. The lowest BCUT2D eigenvalue weighted by atomic mass is 10.2. The second-order valence-corrected chi connectivity index (χ2v) is 8.58. The van der Waals surface area contributed by atoms with Crippen LogP contribution in [0.5, 0.6) is 0 Å². The minimum atomic E-state index is -3.64. The zero-order valence-corrected chi connectivity index (χ0v) is 16.5. The fourth-order valence-corrected chi connectivity index (χ4v) is 4.82. The number of hydrogen-bond donors (Lipinski definition) is 1. The molecule has 1 aliphatic heterocycles. The molecule has 0 radical (unpaired) electrons. The number of benzene rings is 3. The van der Waals surface area contributed by atoms with Gasteiger partial charge in [-0.05, 0) is 54.0 Å². The number of sulfonamides is 1. The summed E-state index contributed by atoms with van der Waals surface area (Å²) < 4.78 is 27.5. The molecule has 0 atom stereocenters. The summed E-state index contributed by atoms with van der Waals surface area (Å²) in [5.74, 6) is -0.280. The maximum absolute atomic E-state index is 13.0. The zero-order chi connectivity index (χ0) is 20.3. The van der Waals surface area contributed by atoms with Gasteiger partial charge in [0.15, 0.2) is 0 Å². The van der Waals surface area contributed by atoms with Crippen molar-refractivity contribution in [3.63, 3.8) is 0 Å². The minimum absolute atomic E-state index is 0.201. The highest BCUT2D eigenvalue weighted by Crippen LogP contribution is 2.32. The largest absolute Gasteiger partial charge is 0.323 e. The van der Waals surface area contributed by atoms with Gasteiger partial charge in [-0.25, -0.2) is 8.42 Å². The van der Waals surface area contributed by atoms with Gasteiger partial charge < -0.3 is 5.32 Å². The molecule has 6 heteroatoms. The molecule has 1 N–H and O–H groups in total. The predicted molar refractivity (Wildman–Crippen MR) is 115 cm³/mol. The normalized spacial score (nSPS) is 13.4. The molecule has 1 amide bonds. The maximum Gasteiger partial charge on any atom is 0.264 e. The van der Waals surface area contributed by atoms with Crippen LogP contribution in [0.2, 0.25) is 0 Å². The Hall–Kier alpha value is -3.38. The van der Waals surface area contributed by atoms with E-state index in [2.05, 4.69) is 5.32 Å². The quantitative estimate of drug-likeness (QED) is 0.652. The van der Waals surface area contributed by atoms with Crippen LogP contribution in [0.4, 0.5) is 11.4 Å². The van der Waals surface area contributed by atoms with E-state index in [4.69, 9.17) is 0 Å². The molecule has 0 aliphatic carbocycles. The van der Waals surface area contributed by atoms with Crippen molar-refractivity contribution in [3.8, 4) is 0 Å². The van der Waals surface area contributed by atoms with Crippen LogP contribution in [0.25, 0.3) is 6.08 Å². The average Bonchev–Trinajstić information content (AvgIpc) is 3.18. The number of nitrogens with zero attached hydrogens (tertiary/aromatic N) is 1. The molecule has 0 unspecified atom stereocenters. The number of hydrogen-bond acceptors (Lipinski definition) is 3. The predicted octanol–water partition coefficient (Wildman–Crippen LogP) is 4.09. The Balaban J connectivity index is 1.47. The van der Waals surface area contributed by atoms with Gasteiger partial charge in [-0.3, -0.25) is 9.10 Å². The highest BCUT2D eigenvalue weighted by atomic mass is 32.2. The maximum atomic E-state index is 13.0. The molecule has 3 aromatic carbocycles. The third-order valence-electron chi connectivity index (χ3n) is 4.78. The van der Waals surface area contributed by atoms with E-state index in [-0.39, 0.29) is 10.8 Å². The Morgan fingerprint density at radius 1 is 0.897 bits per heavy atom. The Labute approximate surface area is 170 Å². The number of rotatable bonds is 5. The summed E-state index contributed by atoms with van der Waals surface area (Å²) in [6.45, 7) is 0.435. The summed E-state index contributed by atoms with van der Waals surface area (Å²) in [7, 11) is -3.64. The summed E-state index contributed by atoms with van der Waals surface area (Å²) >= 11 is 0. The van der Waals surface area contributed by atoms with E-state index in [9.17, 15) is 13.2 Å². The SMILES string of the molecule is O=C(/C=C/c1ccccc1)Nc1ccc(S(=O)(=O)N2CCc3ccccc32)cc1. The molecule has 0 spiro atoms. The van der Waals surface area contributed by atoms with Crippen molar-refractivity contribution in [2.75, 3.05) is 16.2 Å². The molecular formula is C23H20N2O3S. The van der Waals surface area contributed by atoms with Crippen molar-refractivity contribution in [1.29, 1.82) is 0 Å². The monoisotopic (exact) mass is 404 g/mol. The minimum Gasteiger partial charge on any atom is -0.323 e. The van der Waals surface area contributed by atoms with Gasteiger partial charge in [0.05, 0.1) is 10.6 Å². The highest BCUT2D eigenvalue weighted by Gasteiger charge is 2.30. The third-order valence-corrected chi connectivity index (χ3v) is 6.61. The molecule has 3 aromatic rings. The lowest BCUT2D eigenvalue weighted by molar-refractivity contribution is -0.111. The average molecular weight is 404 g/mol. The first-order chi connectivity index (χ1) is 14.0. The molecule has 29 heavy (non-hydrogen) atoms. The Kier molecular flexibility index (Phi) is 5.18. The first kappa shape index (κ1) is 19.0. The van der Waals surface area contributed by atoms with Gasteiger partial charge in [0, 0.05) is 18.3 Å². The molecule has 0 fully saturated rings. The van der Waals surface area contributed by atoms with Gasteiger partial charge in [0.2, 0.25) is 5.91 Å². The van der Waals surface area contributed by atoms with Gasteiger partial charge in [-0.15, -0.1) is 0 Å². The number of carbonyl (C=O) groups excluding carboxylic acids is 1.